The molecular weight excluding hydrogens is 302 g/mol. The van der Waals surface area contributed by atoms with Gasteiger partial charge in [-0.05, 0) is 17.7 Å². The van der Waals surface area contributed by atoms with Crippen molar-refractivity contribution in [2.24, 2.45) is 0 Å². The summed E-state index contributed by atoms with van der Waals surface area (Å²) in [5, 5.41) is 0.977. The lowest BCUT2D eigenvalue weighted by Crippen LogP contribution is -2.12. The van der Waals surface area contributed by atoms with E-state index in [1.807, 2.05) is 30.3 Å². The summed E-state index contributed by atoms with van der Waals surface area (Å²) in [6.07, 6.45) is 1.57. The van der Waals surface area contributed by atoms with Crippen LogP contribution < -0.4 is 0 Å². The summed E-state index contributed by atoms with van der Waals surface area (Å²) in [6, 6.07) is 14.5. The molecule has 0 atom stereocenters. The molecule has 110 valence electrons. The van der Waals surface area contributed by atoms with Gasteiger partial charge in [-0.2, -0.15) is 0 Å². The van der Waals surface area contributed by atoms with E-state index in [1.165, 1.54) is 10.8 Å². The molecule has 1 heterocycles. The summed E-state index contributed by atoms with van der Waals surface area (Å²) in [5.41, 5.74) is 1.80. The van der Waals surface area contributed by atoms with Crippen molar-refractivity contribution in [1.29, 1.82) is 0 Å². The lowest BCUT2D eigenvalue weighted by molar-refractivity contribution is 0.112. The zero-order valence-electron chi connectivity index (χ0n) is 11.5. The molecule has 4 nitrogen and oxygen atoms in total. The highest BCUT2D eigenvalue weighted by Gasteiger charge is 2.16. The van der Waals surface area contributed by atoms with Crippen LogP contribution in [0.4, 0.5) is 4.79 Å². The lowest BCUT2D eigenvalue weighted by atomic mass is 10.2. The topological polar surface area (TPSA) is 48.3 Å². The van der Waals surface area contributed by atoms with E-state index in [0.717, 1.165) is 5.56 Å². The maximum absolute atomic E-state index is 12.3. The van der Waals surface area contributed by atoms with Crippen molar-refractivity contribution in [3.05, 3.63) is 70.9 Å². The van der Waals surface area contributed by atoms with Gasteiger partial charge in [0.15, 0.2) is 6.29 Å². The van der Waals surface area contributed by atoms with E-state index in [9.17, 15) is 9.59 Å². The number of halogens is 1. The molecule has 0 N–H and O–H groups in total. The lowest BCUT2D eigenvalue weighted by Gasteiger charge is -2.06. The van der Waals surface area contributed by atoms with E-state index < -0.39 is 6.09 Å². The Hall–Kier alpha value is -2.59. The Balaban J connectivity index is 1.91. The predicted molar refractivity (Wildman–Crippen MR) is 84.4 cm³/mol. The SMILES string of the molecule is O=Cc1cn(C(=O)OCc2ccccc2)c2cccc(Cl)c12. The smallest absolute Gasteiger partial charge is 0.418 e. The first-order valence-electron chi connectivity index (χ1n) is 6.66. The van der Waals surface area contributed by atoms with E-state index in [4.69, 9.17) is 16.3 Å². The van der Waals surface area contributed by atoms with Crippen LogP contribution in [0.15, 0.2) is 54.7 Å². The third-order valence-electron chi connectivity index (χ3n) is 3.34. The number of fused-ring (bicyclic) bond motifs is 1. The minimum atomic E-state index is -0.552. The Morgan fingerprint density at radius 1 is 1.14 bits per heavy atom. The zero-order chi connectivity index (χ0) is 15.5. The first-order chi connectivity index (χ1) is 10.7. The average molecular weight is 314 g/mol. The fourth-order valence-electron chi connectivity index (χ4n) is 2.30. The molecule has 5 heteroatoms. The zero-order valence-corrected chi connectivity index (χ0v) is 12.3. The number of nitrogens with zero attached hydrogens (tertiary/aromatic N) is 1. The van der Waals surface area contributed by atoms with Gasteiger partial charge in [-0.15, -0.1) is 0 Å². The molecule has 0 saturated heterocycles. The second kappa shape index (κ2) is 6.03. The summed E-state index contributed by atoms with van der Waals surface area (Å²) in [7, 11) is 0. The minimum Gasteiger partial charge on any atom is -0.444 e. The maximum Gasteiger partial charge on any atom is 0.418 e. The minimum absolute atomic E-state index is 0.163. The van der Waals surface area contributed by atoms with Gasteiger partial charge in [-0.25, -0.2) is 4.79 Å². The Bertz CT molecular complexity index is 840. The van der Waals surface area contributed by atoms with Gasteiger partial charge < -0.3 is 4.74 Å². The molecule has 1 aromatic heterocycles. The summed E-state index contributed by atoms with van der Waals surface area (Å²) in [6.45, 7) is 0.163. The number of benzene rings is 2. The van der Waals surface area contributed by atoms with Crippen LogP contribution in [0.3, 0.4) is 0 Å². The predicted octanol–water partition coefficient (Wildman–Crippen LogP) is 4.29. The standard InChI is InChI=1S/C17H12ClNO3/c18-14-7-4-8-15-16(14)13(10-20)9-19(15)17(21)22-11-12-5-2-1-3-6-12/h1-10H,11H2. The second-order valence-electron chi connectivity index (χ2n) is 4.75. The molecule has 0 aliphatic heterocycles. The number of aldehydes is 1. The number of hydrogen-bond acceptors (Lipinski definition) is 3. The third-order valence-corrected chi connectivity index (χ3v) is 3.65. The van der Waals surface area contributed by atoms with Crippen LogP contribution in [0, 0.1) is 0 Å². The summed E-state index contributed by atoms with van der Waals surface area (Å²) in [5.74, 6) is 0. The molecule has 0 fully saturated rings. The van der Waals surface area contributed by atoms with Crippen LogP contribution in [0.25, 0.3) is 10.9 Å². The summed E-state index contributed by atoms with van der Waals surface area (Å²) >= 11 is 6.11. The first kappa shape index (κ1) is 14.4. The number of carbonyl (C=O) groups excluding carboxylic acids is 2. The van der Waals surface area contributed by atoms with Crippen LogP contribution in [0.1, 0.15) is 15.9 Å². The number of carbonyl (C=O) groups is 2. The van der Waals surface area contributed by atoms with Gasteiger partial charge in [0.05, 0.1) is 10.5 Å². The maximum atomic E-state index is 12.3. The van der Waals surface area contributed by atoms with Crippen molar-refractivity contribution in [3.63, 3.8) is 0 Å². The molecule has 0 radical (unpaired) electrons. The largest absolute Gasteiger partial charge is 0.444 e. The van der Waals surface area contributed by atoms with E-state index in [0.29, 0.717) is 27.8 Å². The van der Waals surface area contributed by atoms with E-state index >= 15 is 0 Å². The molecule has 0 spiro atoms. The Morgan fingerprint density at radius 2 is 1.91 bits per heavy atom. The Kier molecular flexibility index (Phi) is 3.94. The van der Waals surface area contributed by atoms with E-state index in [-0.39, 0.29) is 6.61 Å². The Labute approximate surface area is 131 Å². The molecule has 2 aromatic carbocycles. The van der Waals surface area contributed by atoms with Gasteiger partial charge in [-0.3, -0.25) is 9.36 Å². The third kappa shape index (κ3) is 2.61. The summed E-state index contributed by atoms with van der Waals surface area (Å²) in [4.78, 5) is 23.4. The van der Waals surface area contributed by atoms with Crippen LogP contribution in [0.5, 0.6) is 0 Å². The van der Waals surface area contributed by atoms with Gasteiger partial charge in [-0.1, -0.05) is 48.0 Å². The van der Waals surface area contributed by atoms with E-state index in [2.05, 4.69) is 0 Å². The van der Waals surface area contributed by atoms with Crippen LogP contribution >= 0.6 is 11.6 Å². The fraction of sp³-hybridized carbons (Fsp3) is 0.0588. The molecule has 0 aliphatic carbocycles. The van der Waals surface area contributed by atoms with Crippen LogP contribution in [-0.2, 0) is 11.3 Å². The van der Waals surface area contributed by atoms with Crippen LogP contribution in [0.2, 0.25) is 5.02 Å². The van der Waals surface area contributed by atoms with Crippen molar-refractivity contribution in [3.8, 4) is 0 Å². The first-order valence-corrected chi connectivity index (χ1v) is 7.04. The quantitative estimate of drug-likeness (QED) is 0.678. The summed E-state index contributed by atoms with van der Waals surface area (Å²) < 4.78 is 6.58. The molecule has 3 aromatic rings. The number of aromatic nitrogens is 1. The van der Waals surface area contributed by atoms with E-state index in [1.54, 1.807) is 18.2 Å². The Morgan fingerprint density at radius 3 is 2.64 bits per heavy atom. The molecule has 0 unspecified atom stereocenters. The average Bonchev–Trinajstić information content (AvgIpc) is 2.94. The highest BCUT2D eigenvalue weighted by Crippen LogP contribution is 2.28. The molecule has 0 bridgehead atoms. The molecule has 22 heavy (non-hydrogen) atoms. The number of hydrogen-bond donors (Lipinski definition) is 0. The normalized spacial score (nSPS) is 10.6. The van der Waals surface area contributed by atoms with Crippen molar-refractivity contribution in [2.75, 3.05) is 0 Å². The number of rotatable bonds is 3. The second-order valence-corrected chi connectivity index (χ2v) is 5.15. The van der Waals surface area contributed by atoms with Gasteiger partial charge in [0, 0.05) is 17.1 Å². The highest BCUT2D eigenvalue weighted by atomic mass is 35.5. The molecule has 0 aliphatic rings. The van der Waals surface area contributed by atoms with Crippen molar-refractivity contribution >= 4 is 34.9 Å². The molecule has 3 rings (SSSR count). The van der Waals surface area contributed by atoms with Crippen molar-refractivity contribution in [2.45, 2.75) is 6.61 Å². The molecule has 0 saturated carbocycles. The van der Waals surface area contributed by atoms with Gasteiger partial charge in [0.1, 0.15) is 6.61 Å². The highest BCUT2D eigenvalue weighted by molar-refractivity contribution is 6.36. The fourth-order valence-corrected chi connectivity index (χ4v) is 2.58. The van der Waals surface area contributed by atoms with Gasteiger partial charge in [0.2, 0.25) is 0 Å². The van der Waals surface area contributed by atoms with Crippen molar-refractivity contribution in [1.82, 2.24) is 4.57 Å². The molecule has 0 amide bonds. The monoisotopic (exact) mass is 313 g/mol. The van der Waals surface area contributed by atoms with Crippen LogP contribution in [-0.4, -0.2) is 16.9 Å². The van der Waals surface area contributed by atoms with Gasteiger partial charge in [0.25, 0.3) is 0 Å². The van der Waals surface area contributed by atoms with Gasteiger partial charge >= 0.3 is 6.09 Å². The number of ether oxygens (including phenoxy) is 1. The molecular formula is C17H12ClNO3. The van der Waals surface area contributed by atoms with Crippen molar-refractivity contribution < 1.29 is 14.3 Å².